The summed E-state index contributed by atoms with van der Waals surface area (Å²) in [6.07, 6.45) is 9.48. The molecule has 1 aliphatic heterocycles. The third kappa shape index (κ3) is 4.62. The third-order valence-electron chi connectivity index (χ3n) is 3.91. The van der Waals surface area contributed by atoms with Crippen LogP contribution in [0.4, 0.5) is 0 Å². The lowest BCUT2D eigenvalue weighted by molar-refractivity contribution is 0.283. The van der Waals surface area contributed by atoms with Gasteiger partial charge in [-0.3, -0.25) is 0 Å². The maximum atomic E-state index is 4.24. The molecule has 4 nitrogen and oxygen atoms in total. The van der Waals surface area contributed by atoms with E-state index in [1.54, 1.807) is 0 Å². The van der Waals surface area contributed by atoms with Crippen molar-refractivity contribution in [3.8, 4) is 0 Å². The molecule has 0 unspecified atom stereocenters. The Bertz CT molecular complexity index is 351. The first-order chi connectivity index (χ1) is 9.27. The molecule has 2 rings (SSSR count). The van der Waals surface area contributed by atoms with Crippen LogP contribution in [0.5, 0.6) is 0 Å². The highest BCUT2D eigenvalue weighted by molar-refractivity contribution is 4.99. The fourth-order valence-corrected chi connectivity index (χ4v) is 2.75. The summed E-state index contributed by atoms with van der Waals surface area (Å²) >= 11 is 0. The zero-order valence-corrected chi connectivity index (χ0v) is 12.4. The van der Waals surface area contributed by atoms with Gasteiger partial charge in [-0.05, 0) is 39.8 Å². The van der Waals surface area contributed by atoms with Crippen molar-refractivity contribution in [2.24, 2.45) is 0 Å². The van der Waals surface area contributed by atoms with Gasteiger partial charge < -0.3 is 14.8 Å². The third-order valence-corrected chi connectivity index (χ3v) is 3.91. The number of aromatic nitrogens is 2. The largest absolute Gasteiger partial charge is 0.331 e. The van der Waals surface area contributed by atoms with E-state index in [4.69, 9.17) is 0 Å². The smallest absolute Gasteiger partial charge is 0.0951 e. The molecule has 1 N–H and O–H groups in total. The van der Waals surface area contributed by atoms with Gasteiger partial charge in [-0.15, -0.1) is 0 Å². The first-order valence-corrected chi connectivity index (χ1v) is 7.71. The van der Waals surface area contributed by atoms with E-state index in [1.165, 1.54) is 51.0 Å². The molecule has 1 saturated heterocycles. The van der Waals surface area contributed by atoms with Crippen molar-refractivity contribution in [3.05, 3.63) is 18.2 Å². The lowest BCUT2D eigenvalue weighted by Gasteiger charge is -2.20. The summed E-state index contributed by atoms with van der Waals surface area (Å²) in [7, 11) is 0. The van der Waals surface area contributed by atoms with Crippen molar-refractivity contribution in [1.29, 1.82) is 0 Å². The average Bonchev–Trinajstić information content (AvgIpc) is 2.71. The minimum atomic E-state index is 0.491. The fraction of sp³-hybridized carbons (Fsp3) is 0.800. The van der Waals surface area contributed by atoms with Gasteiger partial charge in [0.25, 0.3) is 0 Å². The van der Waals surface area contributed by atoms with Crippen LogP contribution in [0.3, 0.4) is 0 Å². The van der Waals surface area contributed by atoms with Gasteiger partial charge >= 0.3 is 0 Å². The molecule has 4 heteroatoms. The second-order valence-electron chi connectivity index (χ2n) is 5.82. The van der Waals surface area contributed by atoms with Crippen LogP contribution in [0, 0.1) is 0 Å². The SMILES string of the molecule is CC(C)n1cncc1CNCCN1CCCCCC1. The topological polar surface area (TPSA) is 33.1 Å². The summed E-state index contributed by atoms with van der Waals surface area (Å²) in [5, 5.41) is 3.55. The molecule has 1 aromatic rings. The van der Waals surface area contributed by atoms with Crippen LogP contribution >= 0.6 is 0 Å². The molecular weight excluding hydrogens is 236 g/mol. The van der Waals surface area contributed by atoms with Gasteiger partial charge in [-0.25, -0.2) is 4.98 Å². The van der Waals surface area contributed by atoms with Crippen molar-refractivity contribution in [2.45, 2.75) is 52.1 Å². The van der Waals surface area contributed by atoms with E-state index in [-0.39, 0.29) is 0 Å². The van der Waals surface area contributed by atoms with Gasteiger partial charge in [0.2, 0.25) is 0 Å². The zero-order chi connectivity index (χ0) is 13.5. The van der Waals surface area contributed by atoms with E-state index in [9.17, 15) is 0 Å². The first-order valence-electron chi connectivity index (χ1n) is 7.71. The minimum Gasteiger partial charge on any atom is -0.331 e. The molecule has 0 amide bonds. The van der Waals surface area contributed by atoms with E-state index in [0.29, 0.717) is 6.04 Å². The van der Waals surface area contributed by atoms with Gasteiger partial charge in [-0.2, -0.15) is 0 Å². The monoisotopic (exact) mass is 264 g/mol. The molecule has 19 heavy (non-hydrogen) atoms. The van der Waals surface area contributed by atoms with E-state index in [0.717, 1.165) is 13.1 Å². The number of hydrogen-bond donors (Lipinski definition) is 1. The Morgan fingerprint density at radius 2 is 1.95 bits per heavy atom. The highest BCUT2D eigenvalue weighted by Crippen LogP contribution is 2.09. The first kappa shape index (κ1) is 14.5. The summed E-state index contributed by atoms with van der Waals surface area (Å²) in [6, 6.07) is 0.491. The van der Waals surface area contributed by atoms with E-state index >= 15 is 0 Å². The number of rotatable bonds is 6. The van der Waals surface area contributed by atoms with E-state index in [1.807, 2.05) is 12.5 Å². The lowest BCUT2D eigenvalue weighted by Crippen LogP contribution is -2.33. The highest BCUT2D eigenvalue weighted by Gasteiger charge is 2.08. The fourth-order valence-electron chi connectivity index (χ4n) is 2.75. The molecule has 0 bridgehead atoms. The van der Waals surface area contributed by atoms with Crippen LogP contribution in [0.25, 0.3) is 0 Å². The minimum absolute atomic E-state index is 0.491. The molecule has 0 aliphatic carbocycles. The number of nitrogens with zero attached hydrogens (tertiary/aromatic N) is 3. The molecule has 0 spiro atoms. The molecular formula is C15H28N4. The van der Waals surface area contributed by atoms with Gasteiger partial charge in [-0.1, -0.05) is 12.8 Å². The van der Waals surface area contributed by atoms with Gasteiger partial charge in [0.1, 0.15) is 0 Å². The standard InChI is InChI=1S/C15H28N4/c1-14(2)19-13-17-12-15(19)11-16-7-10-18-8-5-3-4-6-9-18/h12-14,16H,3-11H2,1-2H3. The van der Waals surface area contributed by atoms with Crippen molar-refractivity contribution >= 4 is 0 Å². The van der Waals surface area contributed by atoms with Crippen molar-refractivity contribution in [2.75, 3.05) is 26.2 Å². The molecule has 2 heterocycles. The Kier molecular flexibility index (Phi) is 5.86. The van der Waals surface area contributed by atoms with Crippen LogP contribution in [-0.2, 0) is 6.54 Å². The second-order valence-corrected chi connectivity index (χ2v) is 5.82. The Hall–Kier alpha value is -0.870. The maximum absolute atomic E-state index is 4.24. The normalized spacial score (nSPS) is 17.8. The number of hydrogen-bond acceptors (Lipinski definition) is 3. The van der Waals surface area contributed by atoms with Crippen LogP contribution in [0.2, 0.25) is 0 Å². The second kappa shape index (κ2) is 7.65. The van der Waals surface area contributed by atoms with Gasteiger partial charge in [0.15, 0.2) is 0 Å². The summed E-state index contributed by atoms with van der Waals surface area (Å²) in [5.74, 6) is 0. The predicted molar refractivity (Wildman–Crippen MR) is 79.2 cm³/mol. The van der Waals surface area contributed by atoms with Crippen LogP contribution in [-0.4, -0.2) is 40.6 Å². The Morgan fingerprint density at radius 1 is 1.21 bits per heavy atom. The van der Waals surface area contributed by atoms with Crippen LogP contribution in [0.15, 0.2) is 12.5 Å². The highest BCUT2D eigenvalue weighted by atomic mass is 15.1. The van der Waals surface area contributed by atoms with Crippen LogP contribution < -0.4 is 5.32 Å². The molecule has 1 fully saturated rings. The number of imidazole rings is 1. The van der Waals surface area contributed by atoms with Crippen LogP contribution in [0.1, 0.15) is 51.3 Å². The van der Waals surface area contributed by atoms with Gasteiger partial charge in [0.05, 0.1) is 12.0 Å². The Balaban J connectivity index is 1.67. The Labute approximate surface area is 117 Å². The quantitative estimate of drug-likeness (QED) is 0.801. The van der Waals surface area contributed by atoms with Crippen molar-refractivity contribution < 1.29 is 0 Å². The van der Waals surface area contributed by atoms with Crippen molar-refractivity contribution in [3.63, 3.8) is 0 Å². The van der Waals surface area contributed by atoms with Gasteiger partial charge in [0, 0.05) is 31.9 Å². The molecule has 108 valence electrons. The number of nitrogens with one attached hydrogen (secondary N) is 1. The summed E-state index contributed by atoms with van der Waals surface area (Å²) < 4.78 is 2.24. The zero-order valence-electron chi connectivity index (χ0n) is 12.4. The average molecular weight is 264 g/mol. The molecule has 0 saturated carbocycles. The summed E-state index contributed by atoms with van der Waals surface area (Å²) in [4.78, 5) is 6.83. The maximum Gasteiger partial charge on any atom is 0.0951 e. The predicted octanol–water partition coefficient (Wildman–Crippen LogP) is 2.43. The molecule has 1 aliphatic rings. The number of likely N-dealkylation sites (tertiary alicyclic amines) is 1. The summed E-state index contributed by atoms with van der Waals surface area (Å²) in [6.45, 7) is 10.1. The molecule has 0 aromatic carbocycles. The molecule has 0 radical (unpaired) electrons. The Morgan fingerprint density at radius 3 is 2.63 bits per heavy atom. The van der Waals surface area contributed by atoms with E-state index < -0.39 is 0 Å². The lowest BCUT2D eigenvalue weighted by atomic mass is 10.2. The molecule has 1 aromatic heterocycles. The van der Waals surface area contributed by atoms with Crippen molar-refractivity contribution in [1.82, 2.24) is 19.8 Å². The molecule has 0 atom stereocenters. The van der Waals surface area contributed by atoms with E-state index in [2.05, 4.69) is 33.6 Å². The summed E-state index contributed by atoms with van der Waals surface area (Å²) in [5.41, 5.74) is 1.28.